The summed E-state index contributed by atoms with van der Waals surface area (Å²) in [6.07, 6.45) is 0. The predicted molar refractivity (Wildman–Crippen MR) is 77.9 cm³/mol. The van der Waals surface area contributed by atoms with Crippen molar-refractivity contribution in [3.05, 3.63) is 20.2 Å². The van der Waals surface area contributed by atoms with Crippen LogP contribution >= 0.6 is 24.2 Å². The van der Waals surface area contributed by atoms with Gasteiger partial charge in [0.25, 0.3) is 0 Å². The Hall–Kier alpha value is -1.66. The van der Waals surface area contributed by atoms with Gasteiger partial charge >= 0.3 is 11.6 Å². The summed E-state index contributed by atoms with van der Waals surface area (Å²) in [5.74, 6) is -1.02. The van der Waals surface area contributed by atoms with Crippen molar-refractivity contribution in [2.45, 2.75) is 11.7 Å². The van der Waals surface area contributed by atoms with Crippen molar-refractivity contribution in [1.82, 2.24) is 4.90 Å². The molecule has 1 aliphatic heterocycles. The summed E-state index contributed by atoms with van der Waals surface area (Å²) in [4.78, 5) is 43.1. The molecule has 1 fully saturated rings. The molecule has 1 unspecified atom stereocenters. The van der Waals surface area contributed by atoms with Crippen LogP contribution in [0.15, 0.2) is 0 Å². The van der Waals surface area contributed by atoms with Gasteiger partial charge in [0.15, 0.2) is 13.1 Å². The molecule has 11 nitrogen and oxygen atoms in total. The molecule has 1 heterocycles. The van der Waals surface area contributed by atoms with Gasteiger partial charge in [0.1, 0.15) is 15.9 Å². The molecule has 1 rings (SSSR count). The van der Waals surface area contributed by atoms with Crippen molar-refractivity contribution in [3.63, 3.8) is 0 Å². The Balaban J connectivity index is 0.00000441. The van der Waals surface area contributed by atoms with E-state index < -0.39 is 46.5 Å². The van der Waals surface area contributed by atoms with Crippen LogP contribution in [0.2, 0.25) is 0 Å². The number of hydrogen-bond donors (Lipinski definition) is 1. The number of ether oxygens (including phenoxy) is 1. The van der Waals surface area contributed by atoms with Gasteiger partial charge in [0, 0.05) is 5.75 Å². The topological polar surface area (TPSA) is 159 Å². The largest absolute Gasteiger partial charge is 0.492 e. The third kappa shape index (κ3) is 4.18. The number of esters is 1. The number of thioether (sulfide) groups is 1. The molecular weight excluding hydrogens is 344 g/mol. The van der Waals surface area contributed by atoms with Gasteiger partial charge in [-0.2, -0.15) is 0 Å². The number of methoxy groups -OCH3 is 1. The Bertz CT molecular complexity index is 455. The Kier molecular flexibility index (Phi) is 7.49. The molecule has 1 aliphatic rings. The third-order valence-corrected chi connectivity index (χ3v) is 3.99. The lowest BCUT2D eigenvalue weighted by Gasteiger charge is -2.35. The molecular formula is C9H15ClN4O7S. The molecule has 0 bridgehead atoms. The first-order valence-corrected chi connectivity index (χ1v) is 6.88. The molecule has 1 atom stereocenters. The van der Waals surface area contributed by atoms with Crippen molar-refractivity contribution < 1.29 is 24.2 Å². The molecule has 1 saturated heterocycles. The quantitative estimate of drug-likeness (QED) is 0.253. The number of halogens is 1. The van der Waals surface area contributed by atoms with Crippen LogP contribution in [0.5, 0.6) is 0 Å². The highest BCUT2D eigenvalue weighted by Gasteiger charge is 2.67. The number of rotatable bonds is 7. The van der Waals surface area contributed by atoms with Gasteiger partial charge in [-0.1, -0.05) is 0 Å². The van der Waals surface area contributed by atoms with Crippen LogP contribution in [-0.4, -0.2) is 70.0 Å². The fourth-order valence-corrected chi connectivity index (χ4v) is 2.49. The number of hydrogen-bond acceptors (Lipinski definition) is 9. The first kappa shape index (κ1) is 20.3. The highest BCUT2D eigenvalue weighted by atomic mass is 35.5. The maximum Gasteiger partial charge on any atom is 0.492 e. The molecule has 0 aliphatic carbocycles. The van der Waals surface area contributed by atoms with Gasteiger partial charge in [-0.25, -0.2) is 0 Å². The second-order valence-electron chi connectivity index (χ2n) is 4.39. The third-order valence-electron chi connectivity index (χ3n) is 2.95. The Labute approximate surface area is 135 Å². The second-order valence-corrected chi connectivity index (χ2v) is 5.42. The van der Waals surface area contributed by atoms with E-state index >= 15 is 0 Å². The molecule has 2 N–H and O–H groups in total. The lowest BCUT2D eigenvalue weighted by atomic mass is 10.0. The van der Waals surface area contributed by atoms with E-state index in [-0.39, 0.29) is 23.9 Å². The predicted octanol–water partition coefficient (Wildman–Crippen LogP) is -1.27. The molecule has 0 saturated carbocycles. The molecule has 0 aromatic carbocycles. The Morgan fingerprint density at radius 1 is 1.36 bits per heavy atom. The SMILES string of the molecule is COC(=O)C(N)CSCC(=O)N1CC([N+](=O)[O-])([N+](=O)[O-])C1.Cl. The zero-order valence-corrected chi connectivity index (χ0v) is 13.1. The second kappa shape index (κ2) is 8.10. The fraction of sp³-hybridized carbons (Fsp3) is 0.778. The van der Waals surface area contributed by atoms with Gasteiger partial charge in [-0.05, 0) is 0 Å². The monoisotopic (exact) mass is 358 g/mol. The molecule has 126 valence electrons. The number of nitrogens with two attached hydrogens (primary N) is 1. The van der Waals surface area contributed by atoms with Crippen LogP contribution < -0.4 is 5.73 Å². The van der Waals surface area contributed by atoms with Crippen LogP contribution in [0.25, 0.3) is 0 Å². The first-order valence-electron chi connectivity index (χ1n) is 5.72. The lowest BCUT2D eigenvalue weighted by Crippen LogP contribution is -2.71. The minimum absolute atomic E-state index is 0. The van der Waals surface area contributed by atoms with E-state index in [4.69, 9.17) is 5.73 Å². The van der Waals surface area contributed by atoms with E-state index in [2.05, 4.69) is 4.74 Å². The summed E-state index contributed by atoms with van der Waals surface area (Å²) in [5, 5.41) is 21.4. The maximum absolute atomic E-state index is 11.7. The highest BCUT2D eigenvalue weighted by molar-refractivity contribution is 8.00. The average molecular weight is 359 g/mol. The first-order chi connectivity index (χ1) is 9.74. The van der Waals surface area contributed by atoms with Crippen molar-refractivity contribution in [2.24, 2.45) is 5.73 Å². The van der Waals surface area contributed by atoms with E-state index in [0.29, 0.717) is 0 Å². The van der Waals surface area contributed by atoms with Crippen LogP contribution in [0.1, 0.15) is 0 Å². The lowest BCUT2D eigenvalue weighted by molar-refractivity contribution is -0.809. The summed E-state index contributed by atoms with van der Waals surface area (Å²) < 4.78 is 4.41. The fourth-order valence-electron chi connectivity index (χ4n) is 1.62. The highest BCUT2D eigenvalue weighted by Crippen LogP contribution is 2.25. The molecule has 0 spiro atoms. The van der Waals surface area contributed by atoms with E-state index in [1.165, 1.54) is 7.11 Å². The van der Waals surface area contributed by atoms with E-state index in [9.17, 15) is 29.8 Å². The van der Waals surface area contributed by atoms with Crippen LogP contribution in [-0.2, 0) is 14.3 Å². The summed E-state index contributed by atoms with van der Waals surface area (Å²) in [7, 11) is 1.19. The number of nitro groups is 2. The summed E-state index contributed by atoms with van der Waals surface area (Å²) in [6.45, 7) is -1.12. The number of amides is 1. The normalized spacial score (nSPS) is 16.7. The Morgan fingerprint density at radius 3 is 2.27 bits per heavy atom. The summed E-state index contributed by atoms with van der Waals surface area (Å²) >= 11 is 1.05. The zero-order chi connectivity index (χ0) is 16.2. The Morgan fingerprint density at radius 2 is 1.86 bits per heavy atom. The average Bonchev–Trinajstić information content (AvgIpc) is 2.35. The number of carbonyl (C=O) groups excluding carboxylic acids is 2. The molecule has 22 heavy (non-hydrogen) atoms. The van der Waals surface area contributed by atoms with Crippen LogP contribution in [0, 0.1) is 20.2 Å². The molecule has 13 heteroatoms. The van der Waals surface area contributed by atoms with Crippen LogP contribution in [0.4, 0.5) is 0 Å². The van der Waals surface area contributed by atoms with Crippen molar-refractivity contribution >= 4 is 36.0 Å². The number of nitrogens with zero attached hydrogens (tertiary/aromatic N) is 3. The van der Waals surface area contributed by atoms with E-state index in [1.807, 2.05) is 0 Å². The van der Waals surface area contributed by atoms with Crippen molar-refractivity contribution in [3.8, 4) is 0 Å². The number of carbonyl (C=O) groups is 2. The number of likely N-dealkylation sites (tertiary alicyclic amines) is 1. The minimum Gasteiger partial charge on any atom is -0.468 e. The maximum atomic E-state index is 11.7. The van der Waals surface area contributed by atoms with Gasteiger partial charge < -0.3 is 15.4 Å². The zero-order valence-electron chi connectivity index (χ0n) is 11.5. The molecule has 0 aromatic rings. The van der Waals surface area contributed by atoms with Gasteiger partial charge in [0.2, 0.25) is 5.91 Å². The van der Waals surface area contributed by atoms with Crippen molar-refractivity contribution in [1.29, 1.82) is 0 Å². The van der Waals surface area contributed by atoms with E-state index in [1.54, 1.807) is 0 Å². The van der Waals surface area contributed by atoms with E-state index in [0.717, 1.165) is 16.7 Å². The molecule has 0 aromatic heterocycles. The van der Waals surface area contributed by atoms with Crippen molar-refractivity contribution in [2.75, 3.05) is 31.7 Å². The summed E-state index contributed by atoms with van der Waals surface area (Å²) in [6, 6.07) is -0.874. The molecule has 0 radical (unpaired) electrons. The summed E-state index contributed by atoms with van der Waals surface area (Å²) in [5.41, 5.74) is 3.16. The van der Waals surface area contributed by atoms with Crippen LogP contribution in [0.3, 0.4) is 0 Å². The van der Waals surface area contributed by atoms with Gasteiger partial charge in [-0.3, -0.25) is 29.8 Å². The van der Waals surface area contributed by atoms with Gasteiger partial charge in [-0.15, -0.1) is 24.2 Å². The smallest absolute Gasteiger partial charge is 0.468 e. The standard InChI is InChI=1S/C9H14N4O7S.ClH/c1-20-8(15)6(10)2-21-3-7(14)11-4-9(5-11,12(16)17)13(18)19;/h6H,2-5,10H2,1H3;1H. The minimum atomic E-state index is -2.30. The molecule has 1 amide bonds. The van der Waals surface area contributed by atoms with Gasteiger partial charge in [0.05, 0.1) is 12.9 Å².